The van der Waals surface area contributed by atoms with Crippen LogP contribution in [0, 0.1) is 26.6 Å². The molecule has 4 aromatic rings. The SMILES string of the molecule is Cc1ccc(Cn2c(C)c(C)c3ccnc(COc4ccc(F)cc4)c32)cc1.Cl. The van der Waals surface area contributed by atoms with Gasteiger partial charge in [-0.2, -0.15) is 0 Å². The number of aromatic nitrogens is 2. The summed E-state index contributed by atoms with van der Waals surface area (Å²) in [5.74, 6) is 0.357. The smallest absolute Gasteiger partial charge is 0.132 e. The van der Waals surface area contributed by atoms with Crippen LogP contribution in [0.4, 0.5) is 4.39 Å². The van der Waals surface area contributed by atoms with E-state index in [9.17, 15) is 4.39 Å². The van der Waals surface area contributed by atoms with Gasteiger partial charge < -0.3 is 9.30 Å². The van der Waals surface area contributed by atoms with Gasteiger partial charge in [0.1, 0.15) is 23.9 Å². The van der Waals surface area contributed by atoms with Crippen molar-refractivity contribution < 1.29 is 9.13 Å². The lowest BCUT2D eigenvalue weighted by atomic mass is 10.1. The zero-order valence-corrected chi connectivity index (χ0v) is 17.6. The second kappa shape index (κ2) is 8.66. The zero-order valence-electron chi connectivity index (χ0n) is 16.8. The van der Waals surface area contributed by atoms with E-state index in [1.165, 1.54) is 39.9 Å². The van der Waals surface area contributed by atoms with E-state index in [-0.39, 0.29) is 18.2 Å². The van der Waals surface area contributed by atoms with Crippen LogP contribution in [0.25, 0.3) is 10.9 Å². The molecule has 150 valence electrons. The fraction of sp³-hybridized carbons (Fsp3) is 0.208. The van der Waals surface area contributed by atoms with Crippen molar-refractivity contribution in [3.8, 4) is 5.75 Å². The van der Waals surface area contributed by atoms with E-state index in [0.29, 0.717) is 12.4 Å². The summed E-state index contributed by atoms with van der Waals surface area (Å²) in [4.78, 5) is 4.59. The Hall–Kier alpha value is -2.85. The van der Waals surface area contributed by atoms with Gasteiger partial charge in [-0.3, -0.25) is 4.98 Å². The summed E-state index contributed by atoms with van der Waals surface area (Å²) in [7, 11) is 0. The van der Waals surface area contributed by atoms with Crippen LogP contribution >= 0.6 is 12.4 Å². The number of fused-ring (bicyclic) bond motifs is 1. The van der Waals surface area contributed by atoms with Crippen LogP contribution in [0.1, 0.15) is 28.1 Å². The number of pyridine rings is 1. The molecule has 0 bridgehead atoms. The predicted octanol–water partition coefficient (Wildman–Crippen LogP) is 6.15. The molecule has 0 radical (unpaired) electrons. The van der Waals surface area contributed by atoms with Crippen LogP contribution < -0.4 is 4.74 Å². The molecule has 3 nitrogen and oxygen atoms in total. The van der Waals surface area contributed by atoms with E-state index in [1.54, 1.807) is 12.1 Å². The van der Waals surface area contributed by atoms with Crippen molar-refractivity contribution in [2.45, 2.75) is 33.9 Å². The zero-order chi connectivity index (χ0) is 19.7. The molecule has 29 heavy (non-hydrogen) atoms. The quantitative estimate of drug-likeness (QED) is 0.394. The molecule has 0 aliphatic rings. The Labute approximate surface area is 176 Å². The van der Waals surface area contributed by atoms with E-state index in [0.717, 1.165) is 17.8 Å². The van der Waals surface area contributed by atoms with Crippen molar-refractivity contribution in [3.05, 3.63) is 94.7 Å². The molecular formula is C24H24ClFN2O. The first kappa shape index (κ1) is 20.9. The van der Waals surface area contributed by atoms with E-state index in [4.69, 9.17) is 4.74 Å². The predicted molar refractivity (Wildman–Crippen MR) is 117 cm³/mol. The average Bonchev–Trinajstić information content (AvgIpc) is 2.95. The van der Waals surface area contributed by atoms with Crippen LogP contribution in [0.2, 0.25) is 0 Å². The maximum atomic E-state index is 13.1. The highest BCUT2D eigenvalue weighted by molar-refractivity contribution is 5.87. The number of ether oxygens (including phenoxy) is 1. The van der Waals surface area contributed by atoms with Gasteiger partial charge in [-0.15, -0.1) is 12.4 Å². The van der Waals surface area contributed by atoms with E-state index in [1.807, 2.05) is 6.20 Å². The number of hydrogen-bond donors (Lipinski definition) is 0. The molecule has 0 atom stereocenters. The molecule has 0 saturated heterocycles. The molecule has 0 saturated carbocycles. The lowest BCUT2D eigenvalue weighted by Crippen LogP contribution is -2.06. The first-order chi connectivity index (χ1) is 13.5. The maximum absolute atomic E-state index is 13.1. The number of rotatable bonds is 5. The maximum Gasteiger partial charge on any atom is 0.132 e. The molecule has 2 heterocycles. The molecule has 5 heteroatoms. The lowest BCUT2D eigenvalue weighted by Gasteiger charge is -2.12. The number of hydrogen-bond acceptors (Lipinski definition) is 2. The molecule has 2 aromatic heterocycles. The fourth-order valence-electron chi connectivity index (χ4n) is 3.53. The molecule has 2 aromatic carbocycles. The minimum absolute atomic E-state index is 0. The van der Waals surface area contributed by atoms with Crippen LogP contribution in [-0.4, -0.2) is 9.55 Å². The van der Waals surface area contributed by atoms with Crippen molar-refractivity contribution in [2.75, 3.05) is 0 Å². The molecule has 0 unspecified atom stereocenters. The number of benzene rings is 2. The Bertz CT molecular complexity index is 1120. The molecule has 0 aliphatic carbocycles. The number of nitrogens with zero attached hydrogens (tertiary/aromatic N) is 2. The second-order valence-electron chi connectivity index (χ2n) is 7.18. The van der Waals surface area contributed by atoms with Crippen LogP contribution in [0.5, 0.6) is 5.75 Å². The summed E-state index contributed by atoms with van der Waals surface area (Å²) in [6.07, 6.45) is 1.83. The Balaban J connectivity index is 0.00000240. The first-order valence-electron chi connectivity index (χ1n) is 9.40. The Kier molecular flexibility index (Phi) is 6.23. The summed E-state index contributed by atoms with van der Waals surface area (Å²) in [6.45, 7) is 7.51. The molecule has 0 aliphatic heterocycles. The molecule has 0 amide bonds. The van der Waals surface area contributed by atoms with E-state index in [2.05, 4.69) is 60.7 Å². The Morgan fingerprint density at radius 2 is 1.62 bits per heavy atom. The van der Waals surface area contributed by atoms with Gasteiger partial charge in [0.05, 0.1) is 5.52 Å². The van der Waals surface area contributed by atoms with Gasteiger partial charge in [0, 0.05) is 23.8 Å². The summed E-state index contributed by atoms with van der Waals surface area (Å²) in [5, 5.41) is 1.19. The average molecular weight is 411 g/mol. The van der Waals surface area contributed by atoms with Gasteiger partial charge in [-0.05, 0) is 62.2 Å². The van der Waals surface area contributed by atoms with Gasteiger partial charge in [0.15, 0.2) is 0 Å². The monoisotopic (exact) mass is 410 g/mol. The Morgan fingerprint density at radius 3 is 2.31 bits per heavy atom. The molecular weight excluding hydrogens is 387 g/mol. The number of halogens is 2. The van der Waals surface area contributed by atoms with Crippen LogP contribution in [-0.2, 0) is 13.2 Å². The van der Waals surface area contributed by atoms with Gasteiger partial charge in [-0.1, -0.05) is 29.8 Å². The first-order valence-corrected chi connectivity index (χ1v) is 9.40. The number of aryl methyl sites for hydroxylation is 2. The summed E-state index contributed by atoms with van der Waals surface area (Å²) in [5.41, 5.74) is 6.97. The standard InChI is InChI=1S/C24H23FN2O.ClH/c1-16-4-6-19(7-5-16)14-27-18(3)17(2)22-12-13-26-23(24(22)27)15-28-21-10-8-20(25)9-11-21;/h4-13H,14-15H2,1-3H3;1H. The molecule has 0 fully saturated rings. The summed E-state index contributed by atoms with van der Waals surface area (Å²) < 4.78 is 21.3. The highest BCUT2D eigenvalue weighted by Crippen LogP contribution is 2.28. The van der Waals surface area contributed by atoms with Gasteiger partial charge in [0.2, 0.25) is 0 Å². The summed E-state index contributed by atoms with van der Waals surface area (Å²) >= 11 is 0. The second-order valence-corrected chi connectivity index (χ2v) is 7.18. The topological polar surface area (TPSA) is 27.1 Å². The fourth-order valence-corrected chi connectivity index (χ4v) is 3.53. The van der Waals surface area contributed by atoms with Gasteiger partial charge >= 0.3 is 0 Å². The highest BCUT2D eigenvalue weighted by Gasteiger charge is 2.16. The third-order valence-corrected chi connectivity index (χ3v) is 5.27. The van der Waals surface area contributed by atoms with Crippen molar-refractivity contribution >= 4 is 23.3 Å². The molecule has 4 rings (SSSR count). The normalized spacial score (nSPS) is 10.8. The lowest BCUT2D eigenvalue weighted by molar-refractivity contribution is 0.302. The Morgan fingerprint density at radius 1 is 0.931 bits per heavy atom. The summed E-state index contributed by atoms with van der Waals surface area (Å²) in [6, 6.07) is 16.7. The molecule has 0 N–H and O–H groups in total. The third-order valence-electron chi connectivity index (χ3n) is 5.27. The highest BCUT2D eigenvalue weighted by atomic mass is 35.5. The van der Waals surface area contributed by atoms with Gasteiger partial charge in [-0.25, -0.2) is 4.39 Å². The van der Waals surface area contributed by atoms with E-state index >= 15 is 0 Å². The van der Waals surface area contributed by atoms with Gasteiger partial charge in [0.25, 0.3) is 0 Å². The van der Waals surface area contributed by atoms with Crippen molar-refractivity contribution in [2.24, 2.45) is 0 Å². The van der Waals surface area contributed by atoms with Crippen LogP contribution in [0.3, 0.4) is 0 Å². The van der Waals surface area contributed by atoms with E-state index < -0.39 is 0 Å². The van der Waals surface area contributed by atoms with Crippen molar-refractivity contribution in [1.82, 2.24) is 9.55 Å². The van der Waals surface area contributed by atoms with Crippen LogP contribution in [0.15, 0.2) is 60.8 Å². The largest absolute Gasteiger partial charge is 0.487 e. The van der Waals surface area contributed by atoms with Crippen molar-refractivity contribution in [3.63, 3.8) is 0 Å². The van der Waals surface area contributed by atoms with Crippen molar-refractivity contribution in [1.29, 1.82) is 0 Å². The minimum atomic E-state index is -0.272. The third kappa shape index (κ3) is 4.28. The molecule has 0 spiro atoms. The minimum Gasteiger partial charge on any atom is -0.487 e.